The number of aromatic nitrogens is 3. The van der Waals surface area contributed by atoms with E-state index >= 15 is 0 Å². The van der Waals surface area contributed by atoms with Crippen molar-refractivity contribution in [3.05, 3.63) is 46.3 Å². The van der Waals surface area contributed by atoms with Crippen LogP contribution in [0.1, 0.15) is 16.5 Å². The van der Waals surface area contributed by atoms with Crippen molar-refractivity contribution in [2.45, 2.75) is 6.04 Å². The number of anilines is 1. The zero-order chi connectivity index (χ0) is 14.8. The zero-order valence-corrected chi connectivity index (χ0v) is 10.9. The lowest BCUT2D eigenvalue weighted by molar-refractivity contribution is -0.383. The first-order chi connectivity index (χ1) is 10.1. The number of hydrogen-bond acceptors (Lipinski definition) is 6. The normalized spacial score (nSPS) is 14.5. The Kier molecular flexibility index (Phi) is 3.32. The van der Waals surface area contributed by atoms with Crippen LogP contribution in [0.2, 0.25) is 0 Å². The molecule has 0 bridgehead atoms. The van der Waals surface area contributed by atoms with Gasteiger partial charge in [0.15, 0.2) is 5.69 Å². The summed E-state index contributed by atoms with van der Waals surface area (Å²) in [7, 11) is 0. The maximum atomic E-state index is 12.1. The van der Waals surface area contributed by atoms with Crippen LogP contribution in [-0.2, 0) is 0 Å². The molecule has 1 aliphatic rings. The third kappa shape index (κ3) is 2.58. The van der Waals surface area contributed by atoms with Gasteiger partial charge >= 0.3 is 0 Å². The summed E-state index contributed by atoms with van der Waals surface area (Å²) in [5.41, 5.74) is 0.0915. The summed E-state index contributed by atoms with van der Waals surface area (Å²) in [6, 6.07) is 6.14. The molecule has 0 atom stereocenters. The molecule has 0 spiro atoms. The number of carbonyl (C=O) groups excluding carboxylic acids is 1. The Morgan fingerprint density at radius 3 is 2.86 bits per heavy atom. The molecule has 9 heteroatoms. The molecular weight excluding hydrogens is 276 g/mol. The number of nitrogens with zero attached hydrogens (tertiary/aromatic N) is 4. The maximum Gasteiger partial charge on any atom is 0.292 e. The van der Waals surface area contributed by atoms with E-state index in [0.29, 0.717) is 0 Å². The number of nitro groups is 1. The van der Waals surface area contributed by atoms with Crippen molar-refractivity contribution in [1.29, 1.82) is 0 Å². The van der Waals surface area contributed by atoms with Gasteiger partial charge in [-0.1, -0.05) is 17.3 Å². The highest BCUT2D eigenvalue weighted by Crippen LogP contribution is 2.23. The van der Waals surface area contributed by atoms with Gasteiger partial charge < -0.3 is 10.6 Å². The molecule has 2 heterocycles. The quantitative estimate of drug-likeness (QED) is 0.628. The van der Waals surface area contributed by atoms with Crippen molar-refractivity contribution in [2.24, 2.45) is 0 Å². The lowest BCUT2D eigenvalue weighted by Crippen LogP contribution is -2.43. The average Bonchev–Trinajstić information content (AvgIpc) is 2.86. The Hall–Kier alpha value is -2.81. The standard InChI is InChI=1S/C12H12N6O3/c19-12(10-7-17(16-15-10)8-5-13-6-8)14-9-3-1-2-4-11(9)18(20)21/h1-4,7-8,13H,5-6H2,(H,14,19). The van der Waals surface area contributed by atoms with Crippen molar-refractivity contribution >= 4 is 17.3 Å². The molecule has 1 aliphatic heterocycles. The van der Waals surface area contributed by atoms with Gasteiger partial charge in [-0.15, -0.1) is 5.10 Å². The van der Waals surface area contributed by atoms with Crippen molar-refractivity contribution in [3.63, 3.8) is 0 Å². The van der Waals surface area contributed by atoms with Crippen LogP contribution in [0, 0.1) is 10.1 Å². The highest BCUT2D eigenvalue weighted by molar-refractivity contribution is 6.03. The predicted molar refractivity (Wildman–Crippen MR) is 73.0 cm³/mol. The van der Waals surface area contributed by atoms with E-state index < -0.39 is 10.8 Å². The van der Waals surface area contributed by atoms with Crippen LogP contribution < -0.4 is 10.6 Å². The van der Waals surface area contributed by atoms with Gasteiger partial charge in [-0.05, 0) is 6.07 Å². The van der Waals surface area contributed by atoms with Gasteiger partial charge in [0.05, 0.1) is 17.2 Å². The molecule has 108 valence electrons. The molecule has 1 saturated heterocycles. The van der Waals surface area contributed by atoms with E-state index in [0.717, 1.165) is 13.1 Å². The first-order valence-corrected chi connectivity index (χ1v) is 6.32. The van der Waals surface area contributed by atoms with E-state index in [-0.39, 0.29) is 23.1 Å². The van der Waals surface area contributed by atoms with Crippen LogP contribution in [0.5, 0.6) is 0 Å². The minimum absolute atomic E-state index is 0.125. The Balaban J connectivity index is 1.77. The second-order valence-electron chi connectivity index (χ2n) is 4.62. The van der Waals surface area contributed by atoms with Gasteiger partial charge in [0.1, 0.15) is 5.69 Å². The molecule has 1 aromatic carbocycles. The third-order valence-corrected chi connectivity index (χ3v) is 3.23. The van der Waals surface area contributed by atoms with Crippen molar-refractivity contribution in [3.8, 4) is 0 Å². The number of benzene rings is 1. The fourth-order valence-corrected chi connectivity index (χ4v) is 1.94. The van der Waals surface area contributed by atoms with Crippen LogP contribution >= 0.6 is 0 Å². The molecule has 9 nitrogen and oxygen atoms in total. The van der Waals surface area contributed by atoms with Crippen LogP contribution in [-0.4, -0.2) is 38.9 Å². The van der Waals surface area contributed by atoms with E-state index in [1.165, 1.54) is 24.4 Å². The Bertz CT molecular complexity index is 694. The van der Waals surface area contributed by atoms with Crippen LogP contribution in [0.25, 0.3) is 0 Å². The first-order valence-electron chi connectivity index (χ1n) is 6.32. The topological polar surface area (TPSA) is 115 Å². The molecule has 0 unspecified atom stereocenters. The Morgan fingerprint density at radius 1 is 1.43 bits per heavy atom. The SMILES string of the molecule is O=C(Nc1ccccc1[N+](=O)[O-])c1cn(C2CNC2)nn1. The van der Waals surface area contributed by atoms with Crippen LogP contribution in [0.15, 0.2) is 30.5 Å². The number of rotatable bonds is 4. The highest BCUT2D eigenvalue weighted by atomic mass is 16.6. The second-order valence-corrected chi connectivity index (χ2v) is 4.62. The molecule has 3 rings (SSSR count). The van der Waals surface area contributed by atoms with Crippen LogP contribution in [0.4, 0.5) is 11.4 Å². The van der Waals surface area contributed by atoms with Gasteiger partial charge in [-0.3, -0.25) is 14.9 Å². The molecule has 0 radical (unpaired) electrons. The van der Waals surface area contributed by atoms with Crippen molar-refractivity contribution in [2.75, 3.05) is 18.4 Å². The number of hydrogen-bond donors (Lipinski definition) is 2. The molecule has 0 saturated carbocycles. The average molecular weight is 288 g/mol. The summed E-state index contributed by atoms with van der Waals surface area (Å²) >= 11 is 0. The first kappa shape index (κ1) is 13.2. The van der Waals surface area contributed by atoms with Crippen molar-refractivity contribution in [1.82, 2.24) is 20.3 Å². The zero-order valence-electron chi connectivity index (χ0n) is 10.9. The van der Waals surface area contributed by atoms with Gasteiger partial charge in [0, 0.05) is 19.2 Å². The molecule has 0 aliphatic carbocycles. The molecule has 2 N–H and O–H groups in total. The number of para-hydroxylation sites is 2. The lowest BCUT2D eigenvalue weighted by atomic mass is 10.2. The summed E-state index contributed by atoms with van der Waals surface area (Å²) < 4.78 is 1.62. The summed E-state index contributed by atoms with van der Waals surface area (Å²) in [6.45, 7) is 1.57. The van der Waals surface area contributed by atoms with E-state index in [9.17, 15) is 14.9 Å². The monoisotopic (exact) mass is 288 g/mol. The largest absolute Gasteiger partial charge is 0.315 e. The molecule has 1 amide bonds. The Morgan fingerprint density at radius 2 is 2.19 bits per heavy atom. The lowest BCUT2D eigenvalue weighted by Gasteiger charge is -2.26. The molecule has 1 fully saturated rings. The van der Waals surface area contributed by atoms with Gasteiger partial charge in [0.2, 0.25) is 0 Å². The number of nitro benzene ring substituents is 1. The highest BCUT2D eigenvalue weighted by Gasteiger charge is 2.22. The van der Waals surface area contributed by atoms with Crippen LogP contribution in [0.3, 0.4) is 0 Å². The summed E-state index contributed by atoms with van der Waals surface area (Å²) in [5, 5.41) is 24.2. The Labute approximate surface area is 119 Å². The predicted octanol–water partition coefficient (Wildman–Crippen LogP) is 0.583. The second kappa shape index (κ2) is 5.29. The van der Waals surface area contributed by atoms with Gasteiger partial charge in [0.25, 0.3) is 11.6 Å². The third-order valence-electron chi connectivity index (χ3n) is 3.23. The number of amides is 1. The van der Waals surface area contributed by atoms with Crippen molar-refractivity contribution < 1.29 is 9.72 Å². The van der Waals surface area contributed by atoms with E-state index in [1.54, 1.807) is 10.7 Å². The fourth-order valence-electron chi connectivity index (χ4n) is 1.94. The molecular formula is C12H12N6O3. The number of carbonyl (C=O) groups is 1. The molecule has 2 aromatic rings. The maximum absolute atomic E-state index is 12.1. The summed E-state index contributed by atoms with van der Waals surface area (Å²) in [4.78, 5) is 22.4. The van der Waals surface area contributed by atoms with E-state index in [2.05, 4.69) is 20.9 Å². The summed E-state index contributed by atoms with van der Waals surface area (Å²) in [6.07, 6.45) is 1.54. The van der Waals surface area contributed by atoms with Gasteiger partial charge in [-0.2, -0.15) is 0 Å². The van der Waals surface area contributed by atoms with E-state index in [4.69, 9.17) is 0 Å². The fraction of sp³-hybridized carbons (Fsp3) is 0.250. The molecule has 1 aromatic heterocycles. The number of nitrogens with one attached hydrogen (secondary N) is 2. The smallest absolute Gasteiger partial charge is 0.292 e. The minimum Gasteiger partial charge on any atom is -0.315 e. The van der Waals surface area contributed by atoms with E-state index in [1.807, 2.05) is 0 Å². The summed E-state index contributed by atoms with van der Waals surface area (Å²) in [5.74, 6) is -0.525. The molecule has 21 heavy (non-hydrogen) atoms. The van der Waals surface area contributed by atoms with Gasteiger partial charge in [-0.25, -0.2) is 4.68 Å². The minimum atomic E-state index is -0.549.